The van der Waals surface area contributed by atoms with Gasteiger partial charge in [-0.15, -0.1) is 0 Å². The number of ether oxygens (including phenoxy) is 4. The molecule has 14 nitrogen and oxygen atoms in total. The third-order valence-corrected chi connectivity index (χ3v) is 15.3. The Morgan fingerprint density at radius 3 is 2.45 bits per heavy atom. The molecule has 0 bridgehead atoms. The number of hydrogen-bond acceptors (Lipinski definition) is 13. The summed E-state index contributed by atoms with van der Waals surface area (Å²) >= 11 is 6.29. The number of carbonyl (C=O) groups is 1. The molecule has 0 radical (unpaired) electrons. The fourth-order valence-corrected chi connectivity index (χ4v) is 12.2. The number of benzene rings is 3. The second-order valence-corrected chi connectivity index (χ2v) is 20.5. The van der Waals surface area contributed by atoms with E-state index in [-0.39, 0.29) is 83.1 Å². The number of rotatable bonds is 10. The Labute approximate surface area is 381 Å². The van der Waals surface area contributed by atoms with Crippen molar-refractivity contribution in [2.75, 3.05) is 45.9 Å². The first-order chi connectivity index (χ1) is 30.8. The summed E-state index contributed by atoms with van der Waals surface area (Å²) in [6, 6.07) is 24.2. The second kappa shape index (κ2) is 17.3. The standard InChI is InChI=1S/C49H61ClN8O6/c1-28-40-35-8-6-7-9-36(35)41(55-38(42(40)64-57-28)21-39-52-16-18-60-39)29-10-13-32(14-11-29)62-34-22-49(23-34)27-58(17-19-61-49)46-53-25-31(26-54-46)43(59)56-44-47(2,3)45(48(44,4)5)63-33-15-12-30(24-51)37(50)20-33/h6-15,20,28,31,34,38-40,42,44-46,52-54,57H,16-19,21-23,25-27H2,1-5H3,(H,56,59)/t28?,31?,34?,38-,39?,40?,42?,44?,45?,46?,49?/m1/s1. The van der Waals surface area contributed by atoms with E-state index in [2.05, 4.69) is 121 Å². The van der Waals surface area contributed by atoms with Gasteiger partial charge in [-0.1, -0.05) is 63.6 Å². The topological polar surface area (TPSA) is 163 Å². The van der Waals surface area contributed by atoms with Crippen LogP contribution < -0.4 is 36.2 Å². The number of morpholine rings is 1. The first-order valence-corrected chi connectivity index (χ1v) is 23.4. The zero-order valence-corrected chi connectivity index (χ0v) is 38.1. The maximum absolute atomic E-state index is 13.7. The summed E-state index contributed by atoms with van der Waals surface area (Å²) in [4.78, 5) is 27.8. The molecule has 3 aromatic rings. The van der Waals surface area contributed by atoms with Crippen LogP contribution in [0.5, 0.6) is 11.5 Å². The van der Waals surface area contributed by atoms with Gasteiger partial charge < -0.3 is 24.3 Å². The molecule has 7 aliphatic rings. The van der Waals surface area contributed by atoms with E-state index in [0.29, 0.717) is 42.6 Å². The number of nitrogens with zero attached hydrogens (tertiary/aromatic N) is 3. The predicted octanol–water partition coefficient (Wildman–Crippen LogP) is 4.85. The molecule has 1 spiro atoms. The van der Waals surface area contributed by atoms with Crippen molar-refractivity contribution < 1.29 is 28.6 Å². The van der Waals surface area contributed by atoms with Gasteiger partial charge in [0, 0.05) is 98.0 Å². The lowest BCUT2D eigenvalue weighted by molar-refractivity contribution is -0.196. The number of nitriles is 1. The van der Waals surface area contributed by atoms with Gasteiger partial charge in [0.2, 0.25) is 5.91 Å². The highest BCUT2D eigenvalue weighted by Gasteiger charge is 2.64. The van der Waals surface area contributed by atoms with E-state index in [1.54, 1.807) is 18.2 Å². The van der Waals surface area contributed by atoms with Crippen LogP contribution in [0, 0.1) is 28.1 Å². The normalized spacial score (nSPS) is 32.8. The van der Waals surface area contributed by atoms with Crippen molar-refractivity contribution in [1.29, 1.82) is 5.26 Å². The molecule has 5 N–H and O–H groups in total. The first-order valence-electron chi connectivity index (χ1n) is 23.0. The Bertz CT molecular complexity index is 2270. The summed E-state index contributed by atoms with van der Waals surface area (Å²) in [5, 5.41) is 23.7. The monoisotopic (exact) mass is 892 g/mol. The third-order valence-electron chi connectivity index (χ3n) is 15.0. The van der Waals surface area contributed by atoms with Crippen molar-refractivity contribution >= 4 is 23.2 Å². The molecule has 1 amide bonds. The van der Waals surface area contributed by atoms with Crippen molar-refractivity contribution in [2.24, 2.45) is 21.7 Å². The Balaban J connectivity index is 0.720. The van der Waals surface area contributed by atoms with E-state index >= 15 is 0 Å². The number of hydrogen-bond donors (Lipinski definition) is 5. The van der Waals surface area contributed by atoms with Crippen LogP contribution in [0.1, 0.15) is 82.1 Å². The maximum Gasteiger partial charge on any atom is 0.225 e. The molecule has 15 heteroatoms. The molecule has 2 saturated carbocycles. The molecule has 4 saturated heterocycles. The number of fused-ring (bicyclic) bond motifs is 3. The second-order valence-electron chi connectivity index (χ2n) is 20.1. The highest BCUT2D eigenvalue weighted by molar-refractivity contribution is 6.31. The summed E-state index contributed by atoms with van der Waals surface area (Å²) in [5.41, 5.74) is 7.17. The molecule has 5 atom stereocenters. The Hall–Kier alpha value is -4.14. The molecule has 4 unspecified atom stereocenters. The van der Waals surface area contributed by atoms with Crippen molar-refractivity contribution in [1.82, 2.24) is 31.6 Å². The van der Waals surface area contributed by atoms with Crippen LogP contribution in [0.25, 0.3) is 0 Å². The van der Waals surface area contributed by atoms with Gasteiger partial charge in [-0.2, -0.15) is 10.7 Å². The molecule has 64 heavy (non-hydrogen) atoms. The molecule has 5 heterocycles. The van der Waals surface area contributed by atoms with E-state index in [4.69, 9.17) is 40.4 Å². The lowest BCUT2D eigenvalue weighted by Gasteiger charge is -2.63. The molecule has 6 fully saturated rings. The molecular formula is C49H61ClN8O6. The van der Waals surface area contributed by atoms with Crippen molar-refractivity contribution in [3.05, 3.63) is 94.0 Å². The van der Waals surface area contributed by atoms with Gasteiger partial charge in [-0.3, -0.25) is 35.5 Å². The molecule has 340 valence electrons. The quantitative estimate of drug-likeness (QED) is 0.189. The van der Waals surface area contributed by atoms with Crippen molar-refractivity contribution in [3.63, 3.8) is 0 Å². The van der Waals surface area contributed by atoms with Crippen LogP contribution in [0.4, 0.5) is 0 Å². The lowest BCUT2D eigenvalue weighted by Crippen LogP contribution is -2.75. The van der Waals surface area contributed by atoms with Gasteiger partial charge >= 0.3 is 0 Å². The summed E-state index contributed by atoms with van der Waals surface area (Å²) in [5.74, 6) is 1.43. The zero-order chi connectivity index (χ0) is 44.4. The number of amides is 1. The summed E-state index contributed by atoms with van der Waals surface area (Å²) < 4.78 is 25.4. The average molecular weight is 894 g/mol. The minimum absolute atomic E-state index is 0.0298. The Morgan fingerprint density at radius 2 is 1.73 bits per heavy atom. The van der Waals surface area contributed by atoms with Gasteiger partial charge in [0.1, 0.15) is 48.4 Å². The minimum Gasteiger partial charge on any atom is -0.490 e. The number of halogens is 1. The van der Waals surface area contributed by atoms with Crippen LogP contribution in [0.3, 0.4) is 0 Å². The van der Waals surface area contributed by atoms with Gasteiger partial charge in [-0.25, -0.2) is 0 Å². The van der Waals surface area contributed by atoms with Crippen LogP contribution in [-0.4, -0.2) is 117 Å². The largest absolute Gasteiger partial charge is 0.490 e. The molecule has 5 aliphatic heterocycles. The van der Waals surface area contributed by atoms with Crippen molar-refractivity contribution in [3.8, 4) is 17.6 Å². The number of hydroxylamine groups is 1. The Morgan fingerprint density at radius 1 is 0.984 bits per heavy atom. The SMILES string of the molecule is CC1NOC2C1c1ccccc1C(c1ccc(OC3CC4(C3)CN(C3NCC(C(=O)NC5C(C)(C)C(Oc6ccc(C#N)c(Cl)c6)C5(C)C)CN3)CCO4)cc1)=N[C@@H]2CC1NCCO1. The van der Waals surface area contributed by atoms with Crippen LogP contribution in [-0.2, 0) is 19.1 Å². The lowest BCUT2D eigenvalue weighted by atomic mass is 9.49. The maximum atomic E-state index is 13.7. The zero-order valence-electron chi connectivity index (χ0n) is 37.4. The van der Waals surface area contributed by atoms with Crippen LogP contribution in [0.15, 0.2) is 71.7 Å². The summed E-state index contributed by atoms with van der Waals surface area (Å²) in [6.45, 7) is 15.6. The highest BCUT2D eigenvalue weighted by Crippen LogP contribution is 2.56. The highest BCUT2D eigenvalue weighted by atomic mass is 35.5. The first kappa shape index (κ1) is 43.7. The Kier molecular flexibility index (Phi) is 11.8. The van der Waals surface area contributed by atoms with Gasteiger partial charge in [-0.05, 0) is 48.9 Å². The van der Waals surface area contributed by atoms with Gasteiger partial charge in [0.15, 0.2) is 0 Å². The smallest absolute Gasteiger partial charge is 0.225 e. The minimum atomic E-state index is -0.330. The fraction of sp³-hybridized carbons (Fsp3) is 0.571. The van der Waals surface area contributed by atoms with Crippen LogP contribution >= 0.6 is 11.6 Å². The van der Waals surface area contributed by atoms with Gasteiger partial charge in [0.05, 0.1) is 47.1 Å². The summed E-state index contributed by atoms with van der Waals surface area (Å²) in [6.07, 6.45) is 2.06. The number of aliphatic imine (C=N–C) groups is 1. The van der Waals surface area contributed by atoms with E-state index in [1.165, 1.54) is 5.56 Å². The van der Waals surface area contributed by atoms with E-state index in [1.807, 2.05) is 0 Å². The number of nitrogens with one attached hydrogen (secondary N) is 5. The molecule has 3 aromatic carbocycles. The predicted molar refractivity (Wildman–Crippen MR) is 242 cm³/mol. The van der Waals surface area contributed by atoms with Crippen molar-refractivity contribution in [2.45, 2.75) is 114 Å². The molecule has 0 aromatic heterocycles. The van der Waals surface area contributed by atoms with Crippen LogP contribution in [0.2, 0.25) is 5.02 Å². The van der Waals surface area contributed by atoms with Gasteiger partial charge in [0.25, 0.3) is 0 Å². The van der Waals surface area contributed by atoms with E-state index in [9.17, 15) is 10.1 Å². The third kappa shape index (κ3) is 8.11. The fourth-order valence-electron chi connectivity index (χ4n) is 12.0. The molecule has 2 aliphatic carbocycles. The van der Waals surface area contributed by atoms with E-state index in [0.717, 1.165) is 61.5 Å². The molecule has 10 rings (SSSR count). The number of carbonyl (C=O) groups excluding carboxylic acids is 1. The summed E-state index contributed by atoms with van der Waals surface area (Å²) in [7, 11) is 0. The average Bonchev–Trinajstić information content (AvgIpc) is 3.92. The van der Waals surface area contributed by atoms with E-state index < -0.39 is 0 Å². The molecular weight excluding hydrogens is 832 g/mol.